The molecule has 23 heavy (non-hydrogen) atoms. The molecule has 0 atom stereocenters. The lowest BCUT2D eigenvalue weighted by Gasteiger charge is -2.24. The van der Waals surface area contributed by atoms with E-state index < -0.39 is 11.7 Å². The third kappa shape index (κ3) is 6.59. The van der Waals surface area contributed by atoms with Gasteiger partial charge in [0, 0.05) is 25.8 Å². The quantitative estimate of drug-likeness (QED) is 0.894. The average molecular weight is 321 g/mol. The topological polar surface area (TPSA) is 70.7 Å². The molecule has 0 aliphatic heterocycles. The van der Waals surface area contributed by atoms with Crippen molar-refractivity contribution >= 4 is 17.8 Å². The fraction of sp³-hybridized carbons (Fsp3) is 0.529. The van der Waals surface area contributed by atoms with Crippen LogP contribution in [0.25, 0.3) is 0 Å². The lowest BCUT2D eigenvalue weighted by molar-refractivity contribution is 0.0301. The van der Waals surface area contributed by atoms with Gasteiger partial charge in [-0.2, -0.15) is 0 Å². The Kier molecular flexibility index (Phi) is 6.42. The standard InChI is InChI=1S/C17H27N3O3/c1-12-8-7-9-13(2)14(12)19-15(21)18-10-11-20(6)16(22)23-17(3,4)5/h7-9H,10-11H2,1-6H3,(H2,18,19,21). The molecule has 0 aliphatic carbocycles. The van der Waals surface area contributed by atoms with E-state index in [9.17, 15) is 9.59 Å². The van der Waals surface area contributed by atoms with Crippen molar-refractivity contribution in [3.05, 3.63) is 29.3 Å². The van der Waals surface area contributed by atoms with Crippen LogP contribution >= 0.6 is 0 Å². The SMILES string of the molecule is Cc1cccc(C)c1NC(=O)NCCN(C)C(=O)OC(C)(C)C. The van der Waals surface area contributed by atoms with Crippen LogP contribution in [0.1, 0.15) is 31.9 Å². The molecule has 3 amide bonds. The van der Waals surface area contributed by atoms with E-state index in [4.69, 9.17) is 4.74 Å². The Hall–Kier alpha value is -2.24. The number of ether oxygens (including phenoxy) is 1. The second kappa shape index (κ2) is 7.85. The van der Waals surface area contributed by atoms with E-state index in [0.29, 0.717) is 13.1 Å². The minimum absolute atomic E-state index is 0.292. The highest BCUT2D eigenvalue weighted by Crippen LogP contribution is 2.18. The van der Waals surface area contributed by atoms with E-state index in [0.717, 1.165) is 16.8 Å². The molecule has 0 heterocycles. The second-order valence-electron chi connectivity index (χ2n) is 6.55. The van der Waals surface area contributed by atoms with E-state index in [2.05, 4.69) is 10.6 Å². The summed E-state index contributed by atoms with van der Waals surface area (Å²) in [5, 5.41) is 5.57. The van der Waals surface area contributed by atoms with E-state index >= 15 is 0 Å². The van der Waals surface area contributed by atoms with Gasteiger partial charge >= 0.3 is 12.1 Å². The molecule has 128 valence electrons. The highest BCUT2D eigenvalue weighted by atomic mass is 16.6. The number of benzene rings is 1. The summed E-state index contributed by atoms with van der Waals surface area (Å²) in [6.07, 6.45) is -0.408. The largest absolute Gasteiger partial charge is 0.444 e. The van der Waals surface area contributed by atoms with E-state index in [1.807, 2.05) is 52.8 Å². The van der Waals surface area contributed by atoms with Gasteiger partial charge < -0.3 is 20.3 Å². The number of nitrogens with one attached hydrogen (secondary N) is 2. The van der Waals surface area contributed by atoms with Gasteiger partial charge in [-0.25, -0.2) is 9.59 Å². The summed E-state index contributed by atoms with van der Waals surface area (Å²) in [6, 6.07) is 5.54. The van der Waals surface area contributed by atoms with Crippen LogP contribution in [0, 0.1) is 13.8 Å². The van der Waals surface area contributed by atoms with Crippen LogP contribution in [-0.2, 0) is 4.74 Å². The van der Waals surface area contributed by atoms with Gasteiger partial charge in [-0.1, -0.05) is 18.2 Å². The fourth-order valence-corrected chi connectivity index (χ4v) is 1.94. The maximum atomic E-state index is 11.9. The average Bonchev–Trinajstić information content (AvgIpc) is 2.41. The van der Waals surface area contributed by atoms with Crippen LogP contribution in [-0.4, -0.2) is 42.8 Å². The Labute approximate surface area is 138 Å². The number of carbonyl (C=O) groups excluding carboxylic acids is 2. The van der Waals surface area contributed by atoms with Gasteiger partial charge in [0.15, 0.2) is 0 Å². The molecule has 6 nitrogen and oxygen atoms in total. The Morgan fingerprint density at radius 2 is 1.74 bits per heavy atom. The maximum absolute atomic E-state index is 11.9. The van der Waals surface area contributed by atoms with Crippen molar-refractivity contribution in [3.8, 4) is 0 Å². The molecule has 0 radical (unpaired) electrons. The fourth-order valence-electron chi connectivity index (χ4n) is 1.94. The molecule has 1 aromatic rings. The van der Waals surface area contributed by atoms with Crippen LogP contribution in [0.2, 0.25) is 0 Å². The number of urea groups is 1. The summed E-state index contributed by atoms with van der Waals surface area (Å²) in [5.41, 5.74) is 2.29. The van der Waals surface area contributed by atoms with Crippen molar-refractivity contribution < 1.29 is 14.3 Å². The van der Waals surface area contributed by atoms with Gasteiger partial charge in [-0.3, -0.25) is 0 Å². The number of likely N-dealkylation sites (N-methyl/N-ethyl adjacent to an activating group) is 1. The normalized spacial score (nSPS) is 10.9. The van der Waals surface area contributed by atoms with Gasteiger partial charge in [0.05, 0.1) is 0 Å². The minimum Gasteiger partial charge on any atom is -0.444 e. The first-order valence-corrected chi connectivity index (χ1v) is 7.65. The molecule has 0 saturated heterocycles. The molecule has 6 heteroatoms. The van der Waals surface area contributed by atoms with Crippen LogP contribution in [0.4, 0.5) is 15.3 Å². The lowest BCUT2D eigenvalue weighted by atomic mass is 10.1. The number of carbonyl (C=O) groups is 2. The van der Waals surface area contributed by atoms with Crippen molar-refractivity contribution in [2.24, 2.45) is 0 Å². The number of amides is 3. The predicted octanol–water partition coefficient (Wildman–Crippen LogP) is 3.29. The molecule has 0 aromatic heterocycles. The molecular formula is C17H27N3O3. The summed E-state index contributed by atoms with van der Waals surface area (Å²) in [4.78, 5) is 25.2. The number of hydrogen-bond donors (Lipinski definition) is 2. The monoisotopic (exact) mass is 321 g/mol. The van der Waals surface area contributed by atoms with Crippen LogP contribution in [0.3, 0.4) is 0 Å². The highest BCUT2D eigenvalue weighted by Gasteiger charge is 2.19. The number of hydrogen-bond acceptors (Lipinski definition) is 3. The smallest absolute Gasteiger partial charge is 0.410 e. The zero-order valence-corrected chi connectivity index (χ0v) is 14.8. The molecule has 1 rings (SSSR count). The molecule has 0 saturated carbocycles. The molecule has 0 unspecified atom stereocenters. The number of rotatable bonds is 4. The predicted molar refractivity (Wildman–Crippen MR) is 91.8 cm³/mol. The molecule has 2 N–H and O–H groups in total. The molecule has 1 aromatic carbocycles. The van der Waals surface area contributed by atoms with Gasteiger partial charge in [0.25, 0.3) is 0 Å². The zero-order valence-electron chi connectivity index (χ0n) is 14.8. The Morgan fingerprint density at radius 1 is 1.17 bits per heavy atom. The van der Waals surface area contributed by atoms with Crippen molar-refractivity contribution in [2.45, 2.75) is 40.2 Å². The Bertz CT molecular complexity index is 544. The summed E-state index contributed by atoms with van der Waals surface area (Å²) in [6.45, 7) is 10.0. The van der Waals surface area contributed by atoms with Gasteiger partial charge in [0.1, 0.15) is 5.60 Å². The second-order valence-corrected chi connectivity index (χ2v) is 6.55. The molecular weight excluding hydrogens is 294 g/mol. The van der Waals surface area contributed by atoms with Crippen LogP contribution < -0.4 is 10.6 Å². The van der Waals surface area contributed by atoms with E-state index in [1.54, 1.807) is 7.05 Å². The molecule has 0 bridgehead atoms. The van der Waals surface area contributed by atoms with E-state index in [1.165, 1.54) is 4.90 Å². The molecule has 0 aliphatic rings. The third-order valence-electron chi connectivity index (χ3n) is 3.16. The minimum atomic E-state index is -0.529. The number of para-hydroxylation sites is 1. The molecule has 0 fully saturated rings. The maximum Gasteiger partial charge on any atom is 0.410 e. The van der Waals surface area contributed by atoms with Crippen molar-refractivity contribution in [2.75, 3.05) is 25.5 Å². The zero-order chi connectivity index (χ0) is 17.6. The Balaban J connectivity index is 2.41. The van der Waals surface area contributed by atoms with Gasteiger partial charge in [0.2, 0.25) is 0 Å². The van der Waals surface area contributed by atoms with Crippen molar-refractivity contribution in [3.63, 3.8) is 0 Å². The van der Waals surface area contributed by atoms with Gasteiger partial charge in [-0.05, 0) is 45.7 Å². The Morgan fingerprint density at radius 3 is 2.26 bits per heavy atom. The number of aryl methyl sites for hydroxylation is 2. The summed E-state index contributed by atoms with van der Waals surface area (Å²) >= 11 is 0. The van der Waals surface area contributed by atoms with Crippen molar-refractivity contribution in [1.29, 1.82) is 0 Å². The summed E-state index contributed by atoms with van der Waals surface area (Å²) in [5.74, 6) is 0. The first kappa shape index (κ1) is 18.8. The van der Waals surface area contributed by atoms with E-state index in [-0.39, 0.29) is 6.03 Å². The first-order valence-electron chi connectivity index (χ1n) is 7.65. The number of anilines is 1. The van der Waals surface area contributed by atoms with Crippen LogP contribution in [0.5, 0.6) is 0 Å². The van der Waals surface area contributed by atoms with Crippen molar-refractivity contribution in [1.82, 2.24) is 10.2 Å². The summed E-state index contributed by atoms with van der Waals surface area (Å²) in [7, 11) is 1.64. The van der Waals surface area contributed by atoms with Gasteiger partial charge in [-0.15, -0.1) is 0 Å². The number of nitrogens with zero attached hydrogens (tertiary/aromatic N) is 1. The first-order chi connectivity index (χ1) is 10.6. The highest BCUT2D eigenvalue weighted by molar-refractivity contribution is 5.91. The molecule has 0 spiro atoms. The van der Waals surface area contributed by atoms with Crippen LogP contribution in [0.15, 0.2) is 18.2 Å². The third-order valence-corrected chi connectivity index (χ3v) is 3.16. The lowest BCUT2D eigenvalue weighted by Crippen LogP contribution is -2.40. The summed E-state index contributed by atoms with van der Waals surface area (Å²) < 4.78 is 5.24.